The van der Waals surface area contributed by atoms with Gasteiger partial charge in [0.25, 0.3) is 5.91 Å². The van der Waals surface area contributed by atoms with Crippen molar-refractivity contribution in [3.8, 4) is 11.1 Å². The number of aromatic amines is 1. The number of amides is 1. The zero-order valence-corrected chi connectivity index (χ0v) is 10.8. The van der Waals surface area contributed by atoms with Gasteiger partial charge in [-0.15, -0.1) is 12.4 Å². The van der Waals surface area contributed by atoms with Crippen LogP contribution < -0.4 is 11.1 Å². The van der Waals surface area contributed by atoms with Gasteiger partial charge in [-0.05, 0) is 17.7 Å². The minimum absolute atomic E-state index is 0. The molecule has 4 N–H and O–H groups in total. The number of nitrogens with two attached hydrogens (primary N) is 1. The van der Waals surface area contributed by atoms with Crippen LogP contribution in [0.4, 0.5) is 4.39 Å². The third-order valence-corrected chi connectivity index (χ3v) is 2.43. The third-order valence-electron chi connectivity index (χ3n) is 2.43. The summed E-state index contributed by atoms with van der Waals surface area (Å²) in [4.78, 5) is 11.8. The van der Waals surface area contributed by atoms with E-state index in [0.29, 0.717) is 29.9 Å². The molecule has 0 bridgehead atoms. The second-order valence-electron chi connectivity index (χ2n) is 3.71. The Hall–Kier alpha value is -1.92. The average molecular weight is 285 g/mol. The van der Waals surface area contributed by atoms with Gasteiger partial charge in [0.2, 0.25) is 0 Å². The van der Waals surface area contributed by atoms with Crippen LogP contribution in [0.3, 0.4) is 0 Å². The second-order valence-corrected chi connectivity index (χ2v) is 3.71. The number of H-pyrrole nitrogens is 1. The predicted molar refractivity (Wildman–Crippen MR) is 72.6 cm³/mol. The van der Waals surface area contributed by atoms with E-state index in [1.807, 2.05) is 0 Å². The summed E-state index contributed by atoms with van der Waals surface area (Å²) in [7, 11) is 0. The van der Waals surface area contributed by atoms with Gasteiger partial charge in [-0.3, -0.25) is 9.89 Å². The summed E-state index contributed by atoms with van der Waals surface area (Å²) in [6.45, 7) is 0.732. The van der Waals surface area contributed by atoms with Crippen molar-refractivity contribution in [2.24, 2.45) is 5.73 Å². The summed E-state index contributed by atoms with van der Waals surface area (Å²) >= 11 is 0. The van der Waals surface area contributed by atoms with E-state index < -0.39 is 0 Å². The highest BCUT2D eigenvalue weighted by molar-refractivity contribution is 5.98. The lowest BCUT2D eigenvalue weighted by Crippen LogP contribution is -2.29. The van der Waals surface area contributed by atoms with Crippen LogP contribution in [0.1, 0.15) is 10.5 Å². The number of nitrogens with zero attached hydrogens (tertiary/aromatic N) is 1. The van der Waals surface area contributed by atoms with Crippen molar-refractivity contribution in [1.29, 1.82) is 0 Å². The molecular weight excluding hydrogens is 271 g/mol. The molecule has 0 aliphatic heterocycles. The topological polar surface area (TPSA) is 83.8 Å². The maximum Gasteiger partial charge on any atom is 0.269 e. The molecule has 7 heteroatoms. The van der Waals surface area contributed by atoms with E-state index in [-0.39, 0.29) is 24.1 Å². The van der Waals surface area contributed by atoms with Crippen molar-refractivity contribution in [3.63, 3.8) is 0 Å². The van der Waals surface area contributed by atoms with E-state index in [1.54, 1.807) is 12.1 Å². The molecule has 0 spiro atoms. The van der Waals surface area contributed by atoms with Crippen molar-refractivity contribution in [2.45, 2.75) is 0 Å². The number of hydrogen-bond acceptors (Lipinski definition) is 3. The van der Waals surface area contributed by atoms with Gasteiger partial charge in [0.15, 0.2) is 0 Å². The number of carbonyl (C=O) groups is 1. The zero-order chi connectivity index (χ0) is 13.0. The fourth-order valence-electron chi connectivity index (χ4n) is 1.61. The normalized spacial score (nSPS) is 9.79. The molecule has 0 unspecified atom stereocenters. The molecule has 5 nitrogen and oxygen atoms in total. The van der Waals surface area contributed by atoms with Crippen LogP contribution in [-0.2, 0) is 0 Å². The van der Waals surface area contributed by atoms with Gasteiger partial charge in [-0.25, -0.2) is 4.39 Å². The van der Waals surface area contributed by atoms with Crippen molar-refractivity contribution in [2.75, 3.05) is 13.1 Å². The quantitative estimate of drug-likeness (QED) is 0.792. The molecule has 0 aliphatic carbocycles. The monoisotopic (exact) mass is 284 g/mol. The number of halogens is 2. The Morgan fingerprint density at radius 1 is 1.47 bits per heavy atom. The second kappa shape index (κ2) is 6.86. The highest BCUT2D eigenvalue weighted by Crippen LogP contribution is 2.22. The van der Waals surface area contributed by atoms with Gasteiger partial charge in [0.05, 0.1) is 6.20 Å². The maximum absolute atomic E-state index is 13.1. The van der Waals surface area contributed by atoms with Crippen LogP contribution >= 0.6 is 12.4 Å². The van der Waals surface area contributed by atoms with E-state index in [4.69, 9.17) is 5.73 Å². The number of aromatic nitrogens is 2. The Labute approximate surface area is 115 Å². The van der Waals surface area contributed by atoms with Crippen molar-refractivity contribution in [1.82, 2.24) is 15.5 Å². The van der Waals surface area contributed by atoms with E-state index >= 15 is 0 Å². The fourth-order valence-corrected chi connectivity index (χ4v) is 1.61. The number of nitrogens with one attached hydrogen (secondary N) is 2. The Morgan fingerprint density at radius 3 is 2.95 bits per heavy atom. The number of hydrogen-bond donors (Lipinski definition) is 3. The molecule has 1 aromatic heterocycles. The molecule has 1 amide bonds. The van der Waals surface area contributed by atoms with Crippen LogP contribution in [0.2, 0.25) is 0 Å². The molecule has 2 rings (SSSR count). The van der Waals surface area contributed by atoms with Gasteiger partial charge in [0.1, 0.15) is 11.5 Å². The Kier molecular flexibility index (Phi) is 5.47. The smallest absolute Gasteiger partial charge is 0.269 e. The fraction of sp³-hybridized carbons (Fsp3) is 0.167. The Balaban J connectivity index is 0.00000180. The van der Waals surface area contributed by atoms with Crippen LogP contribution in [0.15, 0.2) is 30.5 Å². The molecule has 2 aromatic rings. The maximum atomic E-state index is 13.1. The zero-order valence-electron chi connectivity index (χ0n) is 10.0. The molecular formula is C12H14ClFN4O. The summed E-state index contributed by atoms with van der Waals surface area (Å²) in [5, 5.41) is 9.06. The first-order chi connectivity index (χ1) is 8.72. The SMILES string of the molecule is Cl.NCCNC(=O)c1[nH]ncc1-c1cccc(F)c1. The van der Waals surface area contributed by atoms with Crippen LogP contribution in [0, 0.1) is 5.82 Å². The average Bonchev–Trinajstić information content (AvgIpc) is 2.85. The van der Waals surface area contributed by atoms with Crippen molar-refractivity contribution < 1.29 is 9.18 Å². The molecule has 19 heavy (non-hydrogen) atoms. The van der Waals surface area contributed by atoms with E-state index in [0.717, 1.165) is 0 Å². The number of carbonyl (C=O) groups excluding carboxylic acids is 1. The summed E-state index contributed by atoms with van der Waals surface area (Å²) in [6, 6.07) is 6.00. The predicted octanol–water partition coefficient (Wildman–Crippen LogP) is 1.33. The van der Waals surface area contributed by atoms with E-state index in [9.17, 15) is 9.18 Å². The molecule has 0 atom stereocenters. The van der Waals surface area contributed by atoms with Gasteiger partial charge in [-0.2, -0.15) is 5.10 Å². The van der Waals surface area contributed by atoms with Crippen molar-refractivity contribution >= 4 is 18.3 Å². The third kappa shape index (κ3) is 3.52. The first-order valence-corrected chi connectivity index (χ1v) is 5.50. The Bertz CT molecular complexity index is 558. The summed E-state index contributed by atoms with van der Waals surface area (Å²) in [5.74, 6) is -0.667. The molecule has 0 radical (unpaired) electrons. The lowest BCUT2D eigenvalue weighted by molar-refractivity contribution is 0.0950. The number of benzene rings is 1. The standard InChI is InChI=1S/C12H13FN4O.ClH/c13-9-3-1-2-8(6-9)10-7-16-17-11(10)12(18)15-5-4-14;/h1-3,6-7H,4-5,14H2,(H,15,18)(H,16,17);1H. The van der Waals surface area contributed by atoms with Crippen LogP contribution in [0.25, 0.3) is 11.1 Å². The highest BCUT2D eigenvalue weighted by Gasteiger charge is 2.14. The molecule has 0 fully saturated rings. The van der Waals surface area contributed by atoms with Gasteiger partial charge < -0.3 is 11.1 Å². The Morgan fingerprint density at radius 2 is 2.26 bits per heavy atom. The summed E-state index contributed by atoms with van der Waals surface area (Å²) < 4.78 is 13.1. The first kappa shape index (κ1) is 15.1. The van der Waals surface area contributed by atoms with Crippen molar-refractivity contribution in [3.05, 3.63) is 42.0 Å². The molecule has 0 aliphatic rings. The summed E-state index contributed by atoms with van der Waals surface area (Å²) in [6.07, 6.45) is 1.49. The summed E-state index contributed by atoms with van der Waals surface area (Å²) in [5.41, 5.74) is 6.77. The first-order valence-electron chi connectivity index (χ1n) is 5.50. The van der Waals surface area contributed by atoms with Gasteiger partial charge >= 0.3 is 0 Å². The lowest BCUT2D eigenvalue weighted by atomic mass is 10.1. The van der Waals surface area contributed by atoms with Gasteiger partial charge in [0, 0.05) is 18.7 Å². The molecule has 0 saturated carbocycles. The van der Waals surface area contributed by atoms with E-state index in [2.05, 4.69) is 15.5 Å². The van der Waals surface area contributed by atoms with E-state index in [1.165, 1.54) is 18.3 Å². The minimum atomic E-state index is -0.359. The molecule has 102 valence electrons. The molecule has 1 aromatic carbocycles. The number of rotatable bonds is 4. The largest absolute Gasteiger partial charge is 0.349 e. The van der Waals surface area contributed by atoms with Gasteiger partial charge in [-0.1, -0.05) is 12.1 Å². The van der Waals surface area contributed by atoms with Crippen LogP contribution in [0.5, 0.6) is 0 Å². The highest BCUT2D eigenvalue weighted by atomic mass is 35.5. The lowest BCUT2D eigenvalue weighted by Gasteiger charge is -2.04. The molecule has 0 saturated heterocycles. The van der Waals surface area contributed by atoms with Crippen LogP contribution in [-0.4, -0.2) is 29.2 Å². The minimum Gasteiger partial charge on any atom is -0.349 e. The molecule has 1 heterocycles.